The molecule has 1 aliphatic heterocycles. The minimum atomic E-state index is 0.333. The van der Waals surface area contributed by atoms with Crippen LogP contribution in [-0.4, -0.2) is 19.3 Å². The topological polar surface area (TPSA) is 21.8 Å². The van der Waals surface area contributed by atoms with Crippen LogP contribution in [0.1, 0.15) is 89.5 Å². The van der Waals surface area contributed by atoms with Crippen molar-refractivity contribution in [3.05, 3.63) is 29.8 Å². The first-order valence-corrected chi connectivity index (χ1v) is 10.7. The second kappa shape index (κ2) is 13.2. The smallest absolute Gasteiger partial charge is 0.122 e. The maximum atomic E-state index is 5.89. The first kappa shape index (κ1) is 20.3. The highest BCUT2D eigenvalue weighted by molar-refractivity contribution is 5.33. The van der Waals surface area contributed by atoms with Crippen molar-refractivity contribution in [1.29, 1.82) is 0 Å². The summed E-state index contributed by atoms with van der Waals surface area (Å²) >= 11 is 0. The van der Waals surface area contributed by atoms with Gasteiger partial charge in [-0.2, -0.15) is 0 Å². The van der Waals surface area contributed by atoms with E-state index in [1.165, 1.54) is 82.6 Å². The molecular weight excluding hydrogens is 308 g/mol. The molecule has 1 unspecified atom stereocenters. The highest BCUT2D eigenvalue weighted by Crippen LogP contribution is 2.22. The number of aryl methyl sites for hydroxylation is 1. The second-order valence-electron chi connectivity index (χ2n) is 7.51. The molecule has 2 heteroatoms. The Morgan fingerprint density at radius 2 is 1.40 bits per heavy atom. The van der Waals surface area contributed by atoms with Gasteiger partial charge in [-0.25, -0.2) is 0 Å². The van der Waals surface area contributed by atoms with E-state index in [9.17, 15) is 0 Å². The van der Waals surface area contributed by atoms with E-state index in [0.29, 0.717) is 12.7 Å². The zero-order valence-electron chi connectivity index (χ0n) is 16.3. The Bertz CT molecular complexity index is 439. The third-order valence-electron chi connectivity index (χ3n) is 5.10. The van der Waals surface area contributed by atoms with Gasteiger partial charge in [-0.3, -0.25) is 0 Å². The summed E-state index contributed by atoms with van der Waals surface area (Å²) in [4.78, 5) is 0. The van der Waals surface area contributed by atoms with Crippen molar-refractivity contribution in [3.63, 3.8) is 0 Å². The third-order valence-corrected chi connectivity index (χ3v) is 5.10. The van der Waals surface area contributed by atoms with Crippen molar-refractivity contribution in [2.24, 2.45) is 0 Å². The number of para-hydroxylation sites is 1. The van der Waals surface area contributed by atoms with Crippen LogP contribution in [0.3, 0.4) is 0 Å². The molecule has 25 heavy (non-hydrogen) atoms. The first-order valence-electron chi connectivity index (χ1n) is 10.7. The third kappa shape index (κ3) is 9.89. The van der Waals surface area contributed by atoms with Gasteiger partial charge in [-0.05, 0) is 24.5 Å². The maximum Gasteiger partial charge on any atom is 0.122 e. The summed E-state index contributed by atoms with van der Waals surface area (Å²) in [5.41, 5.74) is 1.36. The number of ether oxygens (including phenoxy) is 2. The highest BCUT2D eigenvalue weighted by atomic mass is 16.6. The van der Waals surface area contributed by atoms with Gasteiger partial charge < -0.3 is 9.47 Å². The molecule has 1 fully saturated rings. The summed E-state index contributed by atoms with van der Waals surface area (Å²) in [5, 5.41) is 0. The summed E-state index contributed by atoms with van der Waals surface area (Å²) in [6.07, 6.45) is 18.3. The van der Waals surface area contributed by atoms with Gasteiger partial charge in [0.15, 0.2) is 0 Å². The molecule has 0 radical (unpaired) electrons. The molecule has 142 valence electrons. The molecule has 0 N–H and O–H groups in total. The van der Waals surface area contributed by atoms with Crippen LogP contribution in [0.5, 0.6) is 5.75 Å². The lowest BCUT2D eigenvalue weighted by molar-refractivity contribution is 0.261. The summed E-state index contributed by atoms with van der Waals surface area (Å²) in [7, 11) is 0. The Hall–Kier alpha value is -1.02. The van der Waals surface area contributed by atoms with Crippen molar-refractivity contribution in [2.45, 2.75) is 96.5 Å². The van der Waals surface area contributed by atoms with Crippen molar-refractivity contribution in [1.82, 2.24) is 0 Å². The van der Waals surface area contributed by atoms with Crippen LogP contribution in [-0.2, 0) is 11.2 Å². The van der Waals surface area contributed by atoms with Gasteiger partial charge in [0.05, 0.1) is 6.61 Å². The Morgan fingerprint density at radius 3 is 2.00 bits per heavy atom. The summed E-state index contributed by atoms with van der Waals surface area (Å²) in [6, 6.07) is 8.49. The Kier molecular flexibility index (Phi) is 10.7. The van der Waals surface area contributed by atoms with Crippen molar-refractivity contribution in [3.8, 4) is 5.75 Å². The zero-order chi connectivity index (χ0) is 17.6. The van der Waals surface area contributed by atoms with Crippen molar-refractivity contribution >= 4 is 0 Å². The molecule has 2 rings (SSSR count). The molecule has 1 aromatic carbocycles. The SMILES string of the molecule is CCCCCCCCCCCCCCc1ccccc1OCC1CO1. The van der Waals surface area contributed by atoms with Crippen LogP contribution in [0.2, 0.25) is 0 Å². The number of rotatable bonds is 16. The molecule has 1 saturated heterocycles. The van der Waals surface area contributed by atoms with Gasteiger partial charge in [-0.1, -0.05) is 95.8 Å². The minimum Gasteiger partial charge on any atom is -0.491 e. The van der Waals surface area contributed by atoms with Crippen LogP contribution < -0.4 is 4.74 Å². The average Bonchev–Trinajstić information content (AvgIpc) is 3.46. The monoisotopic (exact) mass is 346 g/mol. The van der Waals surface area contributed by atoms with Gasteiger partial charge >= 0.3 is 0 Å². The quantitative estimate of drug-likeness (QED) is 0.245. The molecule has 1 aromatic rings. The van der Waals surface area contributed by atoms with Crippen LogP contribution >= 0.6 is 0 Å². The minimum absolute atomic E-state index is 0.333. The van der Waals surface area contributed by atoms with Crippen LogP contribution in [0.15, 0.2) is 24.3 Å². The van der Waals surface area contributed by atoms with Crippen LogP contribution in [0, 0.1) is 0 Å². The maximum absolute atomic E-state index is 5.89. The number of unbranched alkanes of at least 4 members (excludes halogenated alkanes) is 11. The van der Waals surface area contributed by atoms with E-state index in [4.69, 9.17) is 9.47 Å². The Labute approximate surface area is 155 Å². The van der Waals surface area contributed by atoms with E-state index < -0.39 is 0 Å². The van der Waals surface area contributed by atoms with E-state index in [2.05, 4.69) is 31.2 Å². The van der Waals surface area contributed by atoms with E-state index in [0.717, 1.165) is 18.8 Å². The predicted octanol–water partition coefficient (Wildman–Crippen LogP) is 6.71. The van der Waals surface area contributed by atoms with Crippen LogP contribution in [0.25, 0.3) is 0 Å². The summed E-state index contributed by atoms with van der Waals surface area (Å²) in [5.74, 6) is 1.06. The fourth-order valence-corrected chi connectivity index (χ4v) is 3.35. The van der Waals surface area contributed by atoms with Gasteiger partial charge in [0.25, 0.3) is 0 Å². The van der Waals surface area contributed by atoms with Gasteiger partial charge in [-0.15, -0.1) is 0 Å². The van der Waals surface area contributed by atoms with Crippen LogP contribution in [0.4, 0.5) is 0 Å². The molecule has 2 nitrogen and oxygen atoms in total. The summed E-state index contributed by atoms with van der Waals surface area (Å²) < 4.78 is 11.1. The number of benzene rings is 1. The van der Waals surface area contributed by atoms with Gasteiger partial charge in [0.2, 0.25) is 0 Å². The molecule has 0 aliphatic carbocycles. The molecule has 0 aromatic heterocycles. The fraction of sp³-hybridized carbons (Fsp3) is 0.739. The van der Waals surface area contributed by atoms with Crippen molar-refractivity contribution < 1.29 is 9.47 Å². The lowest BCUT2D eigenvalue weighted by Gasteiger charge is -2.10. The fourth-order valence-electron chi connectivity index (χ4n) is 3.35. The molecular formula is C23H38O2. The van der Waals surface area contributed by atoms with Gasteiger partial charge in [0, 0.05) is 0 Å². The molecule has 1 atom stereocenters. The summed E-state index contributed by atoms with van der Waals surface area (Å²) in [6.45, 7) is 3.85. The average molecular weight is 347 g/mol. The molecule has 0 spiro atoms. The zero-order valence-corrected chi connectivity index (χ0v) is 16.3. The number of epoxide rings is 1. The highest BCUT2D eigenvalue weighted by Gasteiger charge is 2.23. The van der Waals surface area contributed by atoms with E-state index in [1.54, 1.807) is 0 Å². The Balaban J connectivity index is 1.43. The second-order valence-corrected chi connectivity index (χ2v) is 7.51. The normalized spacial score (nSPS) is 16.1. The van der Waals surface area contributed by atoms with Gasteiger partial charge in [0.1, 0.15) is 18.5 Å². The van der Waals surface area contributed by atoms with E-state index in [1.807, 2.05) is 0 Å². The molecule has 0 saturated carbocycles. The Morgan fingerprint density at radius 1 is 0.840 bits per heavy atom. The van der Waals surface area contributed by atoms with Crippen molar-refractivity contribution in [2.75, 3.05) is 13.2 Å². The molecule has 0 amide bonds. The molecule has 1 heterocycles. The van der Waals surface area contributed by atoms with E-state index >= 15 is 0 Å². The number of hydrogen-bond acceptors (Lipinski definition) is 2. The number of hydrogen-bond donors (Lipinski definition) is 0. The standard InChI is InChI=1S/C23H38O2/c1-2-3-4-5-6-7-8-9-10-11-12-13-16-21-17-14-15-18-23(21)25-20-22-19-24-22/h14-15,17-18,22H,2-13,16,19-20H2,1H3. The first-order chi connectivity index (χ1) is 12.4. The largest absolute Gasteiger partial charge is 0.491 e. The molecule has 0 bridgehead atoms. The lowest BCUT2D eigenvalue weighted by atomic mass is 10.0. The molecule has 1 aliphatic rings. The van der Waals surface area contributed by atoms with E-state index in [-0.39, 0.29) is 0 Å². The lowest BCUT2D eigenvalue weighted by Crippen LogP contribution is -2.05. The predicted molar refractivity (Wildman–Crippen MR) is 106 cm³/mol.